The third-order valence-electron chi connectivity index (χ3n) is 5.54. The van der Waals surface area contributed by atoms with Crippen molar-refractivity contribution in [3.63, 3.8) is 0 Å². The van der Waals surface area contributed by atoms with Crippen LogP contribution in [0.25, 0.3) is 6.08 Å². The molecule has 0 amide bonds. The Morgan fingerprint density at radius 1 is 0.882 bits per heavy atom. The summed E-state index contributed by atoms with van der Waals surface area (Å²) in [7, 11) is 4.54. The fourth-order valence-corrected chi connectivity index (χ4v) is 3.88. The number of allylic oxidation sites excluding steroid dienone is 1. The number of benzene rings is 3. The maximum atomic E-state index is 13.1. The van der Waals surface area contributed by atoms with Crippen molar-refractivity contribution in [2.75, 3.05) is 21.3 Å². The first-order valence-corrected chi connectivity index (χ1v) is 10.5. The van der Waals surface area contributed by atoms with Crippen molar-refractivity contribution < 1.29 is 33.3 Å². The van der Waals surface area contributed by atoms with Crippen molar-refractivity contribution in [2.24, 2.45) is 0 Å². The Hall–Kier alpha value is -4.26. The van der Waals surface area contributed by atoms with Crippen LogP contribution < -0.4 is 23.7 Å². The number of methoxy groups -OCH3 is 3. The number of carbonyl (C=O) groups excluding carboxylic acids is 2. The number of ether oxygens (including phenoxy) is 5. The molecule has 3 aromatic rings. The fraction of sp³-hybridized carbons (Fsp3) is 0.185. The molecule has 1 aliphatic rings. The van der Waals surface area contributed by atoms with Gasteiger partial charge in [0.25, 0.3) is 0 Å². The molecule has 0 saturated heterocycles. The summed E-state index contributed by atoms with van der Waals surface area (Å²) in [6.07, 6.45) is 1.58. The Kier molecular flexibility index (Phi) is 6.27. The van der Waals surface area contributed by atoms with E-state index >= 15 is 0 Å². The topological polar surface area (TPSA) is 80.3 Å². The van der Waals surface area contributed by atoms with E-state index in [-0.39, 0.29) is 11.5 Å². The lowest BCUT2D eigenvalue weighted by molar-refractivity contribution is 0.0733. The maximum absolute atomic E-state index is 13.1. The standard InChI is InChI=1S/C27H24O7/c1-15-8-6-7-9-19(15)27(29)33-18-12-16(2)23-21(14-18)34-22(24(23)28)13-17-10-11-20(30-3)26(32-5)25(17)31-4/h6-14H,1-5H3/b22-13-. The van der Waals surface area contributed by atoms with E-state index in [1.807, 2.05) is 19.1 Å². The van der Waals surface area contributed by atoms with Gasteiger partial charge in [-0.15, -0.1) is 0 Å². The van der Waals surface area contributed by atoms with Crippen LogP contribution in [-0.2, 0) is 0 Å². The number of esters is 1. The van der Waals surface area contributed by atoms with E-state index in [4.69, 9.17) is 23.7 Å². The lowest BCUT2D eigenvalue weighted by atomic mass is 10.0. The zero-order valence-corrected chi connectivity index (χ0v) is 19.6. The molecule has 4 rings (SSSR count). The number of carbonyl (C=O) groups is 2. The highest BCUT2D eigenvalue weighted by Gasteiger charge is 2.31. The molecule has 0 saturated carbocycles. The van der Waals surface area contributed by atoms with Crippen molar-refractivity contribution in [1.82, 2.24) is 0 Å². The predicted octanol–water partition coefficient (Wildman–Crippen LogP) is 5.16. The first kappa shape index (κ1) is 22.9. The van der Waals surface area contributed by atoms with Gasteiger partial charge in [0, 0.05) is 11.6 Å². The lowest BCUT2D eigenvalue weighted by Gasteiger charge is -2.14. The molecular formula is C27H24O7. The zero-order valence-electron chi connectivity index (χ0n) is 19.6. The highest BCUT2D eigenvalue weighted by Crippen LogP contribution is 2.42. The number of hydrogen-bond donors (Lipinski definition) is 0. The van der Waals surface area contributed by atoms with Gasteiger partial charge in [-0.05, 0) is 55.3 Å². The van der Waals surface area contributed by atoms with Crippen LogP contribution in [0.15, 0.2) is 54.3 Å². The van der Waals surface area contributed by atoms with Crippen LogP contribution in [0.5, 0.6) is 28.7 Å². The summed E-state index contributed by atoms with van der Waals surface area (Å²) in [6.45, 7) is 3.61. The van der Waals surface area contributed by atoms with E-state index in [0.29, 0.717) is 51.0 Å². The van der Waals surface area contributed by atoms with Crippen LogP contribution in [0.2, 0.25) is 0 Å². The van der Waals surface area contributed by atoms with Crippen LogP contribution in [0.4, 0.5) is 0 Å². The van der Waals surface area contributed by atoms with Crippen molar-refractivity contribution >= 4 is 17.8 Å². The van der Waals surface area contributed by atoms with Gasteiger partial charge in [-0.1, -0.05) is 18.2 Å². The number of Topliss-reactive ketones (excluding diaryl/α,β-unsaturated/α-hetero) is 1. The number of ketones is 1. The Balaban J connectivity index is 1.66. The largest absolute Gasteiger partial charge is 0.493 e. The molecule has 0 aliphatic carbocycles. The minimum Gasteiger partial charge on any atom is -0.493 e. The summed E-state index contributed by atoms with van der Waals surface area (Å²) in [4.78, 5) is 25.7. The minimum atomic E-state index is -0.479. The molecule has 0 radical (unpaired) electrons. The summed E-state index contributed by atoms with van der Waals surface area (Å²) < 4.78 is 27.7. The maximum Gasteiger partial charge on any atom is 0.343 e. The molecule has 0 N–H and O–H groups in total. The monoisotopic (exact) mass is 460 g/mol. The van der Waals surface area contributed by atoms with Gasteiger partial charge < -0.3 is 23.7 Å². The van der Waals surface area contributed by atoms with Gasteiger partial charge in [0.1, 0.15) is 11.5 Å². The van der Waals surface area contributed by atoms with Crippen LogP contribution in [0.3, 0.4) is 0 Å². The van der Waals surface area contributed by atoms with E-state index < -0.39 is 5.97 Å². The molecule has 0 aromatic heterocycles. The van der Waals surface area contributed by atoms with Crippen molar-refractivity contribution in [1.29, 1.82) is 0 Å². The molecule has 0 fully saturated rings. The Labute approximate surface area is 197 Å². The Morgan fingerprint density at radius 2 is 1.62 bits per heavy atom. The van der Waals surface area contributed by atoms with Crippen molar-refractivity contribution in [2.45, 2.75) is 13.8 Å². The molecule has 174 valence electrons. The van der Waals surface area contributed by atoms with Crippen LogP contribution in [0, 0.1) is 13.8 Å². The first-order valence-electron chi connectivity index (χ1n) is 10.5. The summed E-state index contributed by atoms with van der Waals surface area (Å²) in [6, 6.07) is 13.8. The van der Waals surface area contributed by atoms with Crippen LogP contribution in [0.1, 0.15) is 37.4 Å². The van der Waals surface area contributed by atoms with Crippen LogP contribution in [-0.4, -0.2) is 33.1 Å². The second-order valence-corrected chi connectivity index (χ2v) is 7.68. The van der Waals surface area contributed by atoms with E-state index in [2.05, 4.69) is 0 Å². The molecular weight excluding hydrogens is 436 g/mol. The average molecular weight is 460 g/mol. The molecule has 3 aromatic carbocycles. The molecule has 7 nitrogen and oxygen atoms in total. The second-order valence-electron chi connectivity index (χ2n) is 7.68. The molecule has 0 bridgehead atoms. The highest BCUT2D eigenvalue weighted by atomic mass is 16.5. The molecule has 7 heteroatoms. The van der Waals surface area contributed by atoms with Crippen molar-refractivity contribution in [3.05, 3.63) is 82.1 Å². The van der Waals surface area contributed by atoms with Crippen molar-refractivity contribution in [3.8, 4) is 28.7 Å². The quantitative estimate of drug-likeness (QED) is 0.285. The highest BCUT2D eigenvalue weighted by molar-refractivity contribution is 6.15. The van der Waals surface area contributed by atoms with Gasteiger partial charge in [0.2, 0.25) is 11.5 Å². The smallest absolute Gasteiger partial charge is 0.343 e. The SMILES string of the molecule is COc1ccc(/C=C2\Oc3cc(OC(=O)c4ccccc4C)cc(C)c3C2=O)c(OC)c1OC. The lowest BCUT2D eigenvalue weighted by Crippen LogP contribution is -2.10. The second kappa shape index (κ2) is 9.31. The van der Waals surface area contributed by atoms with E-state index in [1.165, 1.54) is 21.3 Å². The van der Waals surface area contributed by atoms with Gasteiger partial charge in [0.05, 0.1) is 32.5 Å². The third-order valence-corrected chi connectivity index (χ3v) is 5.54. The molecule has 0 spiro atoms. The summed E-state index contributed by atoms with van der Waals surface area (Å²) in [5, 5.41) is 0. The number of aryl methyl sites for hydroxylation is 2. The Bertz CT molecular complexity index is 1320. The van der Waals surface area contributed by atoms with Gasteiger partial charge in [0.15, 0.2) is 17.3 Å². The Morgan fingerprint density at radius 3 is 2.29 bits per heavy atom. The molecule has 1 heterocycles. The number of rotatable bonds is 6. The van der Waals surface area contributed by atoms with Gasteiger partial charge in [-0.3, -0.25) is 4.79 Å². The molecule has 1 aliphatic heterocycles. The normalized spacial score (nSPS) is 13.3. The average Bonchev–Trinajstić information content (AvgIpc) is 3.13. The molecule has 34 heavy (non-hydrogen) atoms. The summed E-state index contributed by atoms with van der Waals surface area (Å²) in [5.74, 6) is 1.29. The van der Waals surface area contributed by atoms with E-state index in [1.54, 1.807) is 49.4 Å². The van der Waals surface area contributed by atoms with E-state index in [0.717, 1.165) is 5.56 Å². The predicted molar refractivity (Wildman–Crippen MR) is 126 cm³/mol. The first-order chi connectivity index (χ1) is 16.4. The number of hydrogen-bond acceptors (Lipinski definition) is 7. The molecule has 0 atom stereocenters. The van der Waals surface area contributed by atoms with Gasteiger partial charge in [-0.25, -0.2) is 4.79 Å². The fourth-order valence-electron chi connectivity index (χ4n) is 3.88. The van der Waals surface area contributed by atoms with Gasteiger partial charge in [-0.2, -0.15) is 0 Å². The third kappa shape index (κ3) is 4.08. The zero-order chi connectivity index (χ0) is 24.4. The van der Waals surface area contributed by atoms with Gasteiger partial charge >= 0.3 is 5.97 Å². The summed E-state index contributed by atoms with van der Waals surface area (Å²) >= 11 is 0. The summed E-state index contributed by atoms with van der Waals surface area (Å²) in [5.41, 5.74) is 2.92. The van der Waals surface area contributed by atoms with Crippen LogP contribution >= 0.6 is 0 Å². The van der Waals surface area contributed by atoms with E-state index in [9.17, 15) is 9.59 Å². The number of fused-ring (bicyclic) bond motifs is 1. The molecule has 0 unspecified atom stereocenters. The minimum absolute atomic E-state index is 0.117.